The third-order valence-corrected chi connectivity index (χ3v) is 3.36. The summed E-state index contributed by atoms with van der Waals surface area (Å²) in [7, 11) is 0. The lowest BCUT2D eigenvalue weighted by Crippen LogP contribution is -2.29. The largest absolute Gasteiger partial charge is 0.314 e. The molecule has 0 saturated heterocycles. The van der Waals surface area contributed by atoms with Crippen LogP contribution in [-0.4, -0.2) is 12.6 Å². The van der Waals surface area contributed by atoms with E-state index in [0.29, 0.717) is 6.04 Å². The molecule has 0 saturated carbocycles. The predicted octanol–water partition coefficient (Wildman–Crippen LogP) is 3.96. The van der Waals surface area contributed by atoms with Crippen LogP contribution in [0.4, 0.5) is 0 Å². The fourth-order valence-corrected chi connectivity index (χ4v) is 2.14. The van der Waals surface area contributed by atoms with Crippen molar-refractivity contribution in [3.63, 3.8) is 0 Å². The van der Waals surface area contributed by atoms with Gasteiger partial charge in [-0.05, 0) is 49.8 Å². The molecular formula is C16H27N. The molecule has 0 heterocycles. The Labute approximate surface area is 107 Å². The molecule has 96 valence electrons. The van der Waals surface area contributed by atoms with Gasteiger partial charge < -0.3 is 5.32 Å². The summed E-state index contributed by atoms with van der Waals surface area (Å²) in [6.45, 7) is 7.87. The van der Waals surface area contributed by atoms with E-state index in [1.807, 2.05) is 0 Å². The van der Waals surface area contributed by atoms with Gasteiger partial charge in [0, 0.05) is 6.04 Å². The number of aryl methyl sites for hydroxylation is 2. The summed E-state index contributed by atoms with van der Waals surface area (Å²) in [5.41, 5.74) is 2.94. The molecule has 1 aromatic rings. The number of nitrogens with one attached hydrogen (secondary N) is 1. The van der Waals surface area contributed by atoms with Gasteiger partial charge in [0.1, 0.15) is 0 Å². The molecule has 1 atom stereocenters. The van der Waals surface area contributed by atoms with E-state index in [2.05, 4.69) is 50.4 Å². The average Bonchev–Trinajstić information content (AvgIpc) is 2.39. The maximum Gasteiger partial charge on any atom is 0.00676 e. The van der Waals surface area contributed by atoms with Crippen LogP contribution in [0.3, 0.4) is 0 Å². The van der Waals surface area contributed by atoms with Crippen LogP contribution in [0.15, 0.2) is 24.3 Å². The molecule has 1 heteroatoms. The number of benzene rings is 1. The van der Waals surface area contributed by atoms with Crippen LogP contribution in [0.1, 0.15) is 51.2 Å². The first-order valence-corrected chi connectivity index (χ1v) is 7.11. The van der Waals surface area contributed by atoms with Gasteiger partial charge in [-0.2, -0.15) is 0 Å². The molecule has 1 rings (SSSR count). The zero-order valence-corrected chi connectivity index (χ0v) is 11.6. The van der Waals surface area contributed by atoms with Gasteiger partial charge in [0.25, 0.3) is 0 Å². The minimum atomic E-state index is 0.681. The van der Waals surface area contributed by atoms with Gasteiger partial charge >= 0.3 is 0 Å². The molecule has 0 aliphatic carbocycles. The minimum Gasteiger partial charge on any atom is -0.314 e. The molecular weight excluding hydrogens is 206 g/mol. The number of hydrogen-bond donors (Lipinski definition) is 1. The molecule has 0 aliphatic heterocycles. The van der Waals surface area contributed by atoms with Crippen LogP contribution < -0.4 is 5.32 Å². The van der Waals surface area contributed by atoms with Gasteiger partial charge in [-0.15, -0.1) is 0 Å². The highest BCUT2D eigenvalue weighted by Crippen LogP contribution is 2.10. The van der Waals surface area contributed by atoms with Gasteiger partial charge in [-0.1, -0.05) is 45.0 Å². The molecule has 0 bridgehead atoms. The van der Waals surface area contributed by atoms with Crippen molar-refractivity contribution in [3.8, 4) is 0 Å². The van der Waals surface area contributed by atoms with Crippen LogP contribution in [-0.2, 0) is 12.8 Å². The van der Waals surface area contributed by atoms with Gasteiger partial charge in [0.05, 0.1) is 0 Å². The van der Waals surface area contributed by atoms with Crippen LogP contribution in [0.2, 0.25) is 0 Å². The summed E-state index contributed by atoms with van der Waals surface area (Å²) >= 11 is 0. The Morgan fingerprint density at radius 2 is 1.88 bits per heavy atom. The molecule has 0 spiro atoms. The Hall–Kier alpha value is -0.820. The summed E-state index contributed by atoms with van der Waals surface area (Å²) in [6, 6.07) is 9.70. The summed E-state index contributed by atoms with van der Waals surface area (Å²) in [4.78, 5) is 0. The first kappa shape index (κ1) is 14.2. The van der Waals surface area contributed by atoms with Crippen molar-refractivity contribution in [2.24, 2.45) is 0 Å². The van der Waals surface area contributed by atoms with Crippen molar-refractivity contribution in [2.45, 2.75) is 58.9 Å². The van der Waals surface area contributed by atoms with Crippen LogP contribution in [0, 0.1) is 0 Å². The molecule has 1 unspecified atom stereocenters. The summed E-state index contributed by atoms with van der Waals surface area (Å²) in [5, 5.41) is 3.62. The SMILES string of the molecule is CCCNC(CC)CCc1cccc(CC)c1. The second-order valence-electron chi connectivity index (χ2n) is 4.77. The Balaban J connectivity index is 2.41. The Morgan fingerprint density at radius 1 is 1.12 bits per heavy atom. The van der Waals surface area contributed by atoms with E-state index in [1.165, 1.54) is 36.8 Å². The summed E-state index contributed by atoms with van der Waals surface area (Å²) in [6.07, 6.45) is 6.04. The highest BCUT2D eigenvalue weighted by Gasteiger charge is 2.05. The zero-order chi connectivity index (χ0) is 12.5. The number of rotatable bonds is 8. The Morgan fingerprint density at radius 3 is 2.53 bits per heavy atom. The van der Waals surface area contributed by atoms with Gasteiger partial charge in [0.2, 0.25) is 0 Å². The van der Waals surface area contributed by atoms with Crippen molar-refractivity contribution >= 4 is 0 Å². The number of hydrogen-bond acceptors (Lipinski definition) is 1. The molecule has 0 aromatic heterocycles. The van der Waals surface area contributed by atoms with Gasteiger partial charge in [-0.3, -0.25) is 0 Å². The smallest absolute Gasteiger partial charge is 0.00676 e. The van der Waals surface area contributed by atoms with Crippen molar-refractivity contribution in [3.05, 3.63) is 35.4 Å². The maximum absolute atomic E-state index is 3.62. The average molecular weight is 233 g/mol. The molecule has 1 aromatic carbocycles. The van der Waals surface area contributed by atoms with E-state index in [1.54, 1.807) is 0 Å². The predicted molar refractivity (Wildman–Crippen MR) is 76.5 cm³/mol. The molecule has 0 radical (unpaired) electrons. The normalized spacial score (nSPS) is 12.6. The quantitative estimate of drug-likeness (QED) is 0.716. The lowest BCUT2D eigenvalue weighted by Gasteiger charge is -2.16. The lowest BCUT2D eigenvalue weighted by molar-refractivity contribution is 0.468. The monoisotopic (exact) mass is 233 g/mol. The summed E-state index contributed by atoms with van der Waals surface area (Å²) in [5.74, 6) is 0. The minimum absolute atomic E-state index is 0.681. The van der Waals surface area contributed by atoms with E-state index in [0.717, 1.165) is 13.0 Å². The standard InChI is InChI=1S/C16H27N/c1-4-12-17-16(6-3)11-10-15-9-7-8-14(5-2)13-15/h7-9,13,16-17H,4-6,10-12H2,1-3H3. The molecule has 1 nitrogen and oxygen atoms in total. The second-order valence-corrected chi connectivity index (χ2v) is 4.77. The summed E-state index contributed by atoms with van der Waals surface area (Å²) < 4.78 is 0. The van der Waals surface area contributed by atoms with Crippen molar-refractivity contribution < 1.29 is 0 Å². The fraction of sp³-hybridized carbons (Fsp3) is 0.625. The first-order chi connectivity index (χ1) is 8.30. The lowest BCUT2D eigenvalue weighted by atomic mass is 10.0. The molecule has 1 N–H and O–H groups in total. The van der Waals surface area contributed by atoms with E-state index < -0.39 is 0 Å². The van der Waals surface area contributed by atoms with Gasteiger partial charge in [-0.25, -0.2) is 0 Å². The zero-order valence-electron chi connectivity index (χ0n) is 11.6. The molecule has 17 heavy (non-hydrogen) atoms. The third kappa shape index (κ3) is 5.36. The highest BCUT2D eigenvalue weighted by molar-refractivity contribution is 5.23. The van der Waals surface area contributed by atoms with Crippen molar-refractivity contribution in [1.29, 1.82) is 0 Å². The van der Waals surface area contributed by atoms with E-state index in [-0.39, 0.29) is 0 Å². The van der Waals surface area contributed by atoms with E-state index in [4.69, 9.17) is 0 Å². The van der Waals surface area contributed by atoms with Crippen molar-refractivity contribution in [2.75, 3.05) is 6.54 Å². The van der Waals surface area contributed by atoms with Crippen molar-refractivity contribution in [1.82, 2.24) is 5.32 Å². The Kier molecular flexibility index (Phi) is 6.95. The Bertz CT molecular complexity index is 306. The molecule has 0 aliphatic rings. The fourth-order valence-electron chi connectivity index (χ4n) is 2.14. The molecule has 0 amide bonds. The maximum atomic E-state index is 3.62. The van der Waals surface area contributed by atoms with E-state index >= 15 is 0 Å². The van der Waals surface area contributed by atoms with E-state index in [9.17, 15) is 0 Å². The highest BCUT2D eigenvalue weighted by atomic mass is 14.9. The topological polar surface area (TPSA) is 12.0 Å². The van der Waals surface area contributed by atoms with Crippen LogP contribution in [0.5, 0.6) is 0 Å². The third-order valence-electron chi connectivity index (χ3n) is 3.36. The van der Waals surface area contributed by atoms with Crippen LogP contribution in [0.25, 0.3) is 0 Å². The molecule has 0 fully saturated rings. The first-order valence-electron chi connectivity index (χ1n) is 7.11. The second kappa shape index (κ2) is 8.30. The van der Waals surface area contributed by atoms with Gasteiger partial charge in [0.15, 0.2) is 0 Å². The van der Waals surface area contributed by atoms with Crippen LogP contribution >= 0.6 is 0 Å².